The van der Waals surface area contributed by atoms with Gasteiger partial charge in [0.05, 0.1) is 0 Å². The van der Waals surface area contributed by atoms with E-state index in [0.29, 0.717) is 12.8 Å². The van der Waals surface area contributed by atoms with Gasteiger partial charge < -0.3 is 22.3 Å². The number of guanidine groups is 1. The number of nitrogens with two attached hydrogens (primary N) is 3. The molecule has 0 saturated carbocycles. The molecule has 2 aromatic rings. The standard InChI is InChI=1S/C22H28N4O3/c23-21(24)26-13-7-12-22(25,20(28)29)19(27)18(14-16-8-3-1-4-9-16)15-17-10-5-2-6-11-17/h1-6,8-11,18H,7,12-15,25H2,(H,28,29)(H4,23,24,26)/t22-/m0/s1. The number of aliphatic carboxylic acids is 1. The first kappa shape index (κ1) is 22.1. The molecule has 2 aromatic carbocycles. The number of aliphatic imine (C=N–C) groups is 1. The molecule has 0 aliphatic carbocycles. The number of hydrogen-bond donors (Lipinski definition) is 4. The Hall–Kier alpha value is -3.19. The Morgan fingerprint density at radius 2 is 1.41 bits per heavy atom. The maximum absolute atomic E-state index is 13.4. The second-order valence-corrected chi connectivity index (χ2v) is 7.13. The number of carbonyl (C=O) groups is 2. The monoisotopic (exact) mass is 396 g/mol. The molecule has 29 heavy (non-hydrogen) atoms. The van der Waals surface area contributed by atoms with Crippen LogP contribution in [0.2, 0.25) is 0 Å². The van der Waals surface area contributed by atoms with Crippen molar-refractivity contribution in [3.63, 3.8) is 0 Å². The summed E-state index contributed by atoms with van der Waals surface area (Å²) in [5.74, 6) is -2.47. The van der Waals surface area contributed by atoms with Crippen molar-refractivity contribution in [1.82, 2.24) is 0 Å². The van der Waals surface area contributed by atoms with Crippen molar-refractivity contribution in [2.45, 2.75) is 31.2 Å². The van der Waals surface area contributed by atoms with Gasteiger partial charge in [-0.2, -0.15) is 0 Å². The molecule has 0 spiro atoms. The summed E-state index contributed by atoms with van der Waals surface area (Å²) in [4.78, 5) is 29.2. The van der Waals surface area contributed by atoms with Crippen molar-refractivity contribution in [3.05, 3.63) is 71.8 Å². The smallest absolute Gasteiger partial charge is 0.331 e. The second kappa shape index (κ2) is 10.4. The van der Waals surface area contributed by atoms with E-state index in [-0.39, 0.29) is 25.3 Å². The van der Waals surface area contributed by atoms with Crippen LogP contribution in [0.15, 0.2) is 65.7 Å². The molecule has 0 radical (unpaired) electrons. The minimum Gasteiger partial charge on any atom is -0.480 e. The number of nitrogens with zero attached hydrogens (tertiary/aromatic N) is 1. The fraction of sp³-hybridized carbons (Fsp3) is 0.318. The minimum atomic E-state index is -1.99. The average Bonchev–Trinajstić information content (AvgIpc) is 2.71. The van der Waals surface area contributed by atoms with Crippen LogP contribution in [0.5, 0.6) is 0 Å². The molecule has 7 nitrogen and oxygen atoms in total. The Labute approximate surface area is 170 Å². The van der Waals surface area contributed by atoms with E-state index in [2.05, 4.69) is 4.99 Å². The van der Waals surface area contributed by atoms with Crippen LogP contribution in [0.3, 0.4) is 0 Å². The number of rotatable bonds is 11. The van der Waals surface area contributed by atoms with Crippen molar-refractivity contribution in [1.29, 1.82) is 0 Å². The van der Waals surface area contributed by atoms with Crippen molar-refractivity contribution in [2.24, 2.45) is 28.1 Å². The largest absolute Gasteiger partial charge is 0.480 e. The second-order valence-electron chi connectivity index (χ2n) is 7.13. The van der Waals surface area contributed by atoms with Crippen molar-refractivity contribution >= 4 is 17.7 Å². The third-order valence-corrected chi connectivity index (χ3v) is 4.87. The highest BCUT2D eigenvalue weighted by Crippen LogP contribution is 2.24. The molecule has 0 aliphatic heterocycles. The molecule has 0 fully saturated rings. The molecule has 0 saturated heterocycles. The van der Waals surface area contributed by atoms with Gasteiger partial charge >= 0.3 is 5.97 Å². The number of Topliss-reactive ketones (excluding diaryl/α,β-unsaturated/α-hetero) is 1. The first-order valence-corrected chi connectivity index (χ1v) is 9.52. The van der Waals surface area contributed by atoms with Crippen LogP contribution in [0.25, 0.3) is 0 Å². The molecule has 0 aliphatic rings. The molecule has 1 atom stereocenters. The Morgan fingerprint density at radius 1 is 0.931 bits per heavy atom. The third kappa shape index (κ3) is 6.43. The van der Waals surface area contributed by atoms with E-state index in [9.17, 15) is 14.7 Å². The summed E-state index contributed by atoms with van der Waals surface area (Å²) in [5.41, 5.74) is 16.7. The number of carbonyl (C=O) groups excluding carboxylic acids is 1. The Morgan fingerprint density at radius 3 is 1.83 bits per heavy atom. The van der Waals surface area contributed by atoms with Crippen LogP contribution >= 0.6 is 0 Å². The van der Waals surface area contributed by atoms with E-state index in [1.54, 1.807) is 0 Å². The van der Waals surface area contributed by atoms with Gasteiger partial charge in [-0.15, -0.1) is 0 Å². The van der Waals surface area contributed by atoms with E-state index in [4.69, 9.17) is 17.2 Å². The molecule has 2 rings (SSSR count). The number of benzene rings is 2. The highest BCUT2D eigenvalue weighted by molar-refractivity contribution is 6.08. The Kier molecular flexibility index (Phi) is 7.91. The molecule has 0 unspecified atom stereocenters. The summed E-state index contributed by atoms with van der Waals surface area (Å²) in [5, 5.41) is 9.76. The van der Waals surface area contributed by atoms with Crippen LogP contribution in [0.1, 0.15) is 24.0 Å². The zero-order valence-corrected chi connectivity index (χ0v) is 16.3. The first-order valence-electron chi connectivity index (χ1n) is 9.52. The van der Waals surface area contributed by atoms with Crippen LogP contribution in [0.4, 0.5) is 0 Å². The molecule has 7 heteroatoms. The van der Waals surface area contributed by atoms with Gasteiger partial charge in [-0.25, -0.2) is 4.79 Å². The lowest BCUT2D eigenvalue weighted by molar-refractivity contribution is -0.150. The zero-order chi connectivity index (χ0) is 21.3. The Bertz CT molecular complexity index is 794. The van der Waals surface area contributed by atoms with Gasteiger partial charge in [0, 0.05) is 12.5 Å². The summed E-state index contributed by atoms with van der Waals surface area (Å²) in [6, 6.07) is 19.0. The summed E-state index contributed by atoms with van der Waals surface area (Å²) in [6.07, 6.45) is 1.07. The lowest BCUT2D eigenvalue weighted by atomic mass is 9.78. The van der Waals surface area contributed by atoms with Gasteiger partial charge in [-0.3, -0.25) is 9.79 Å². The highest BCUT2D eigenvalue weighted by Gasteiger charge is 2.44. The topological polar surface area (TPSA) is 145 Å². The quantitative estimate of drug-likeness (QED) is 0.196. The molecular formula is C22H28N4O3. The lowest BCUT2D eigenvalue weighted by Gasteiger charge is -2.28. The summed E-state index contributed by atoms with van der Waals surface area (Å²) < 4.78 is 0. The van der Waals surface area contributed by atoms with Gasteiger partial charge in [0.1, 0.15) is 0 Å². The number of hydrogen-bond acceptors (Lipinski definition) is 4. The third-order valence-electron chi connectivity index (χ3n) is 4.87. The number of ketones is 1. The SMILES string of the molecule is NC(N)=NCCC[C@@](N)(C(=O)O)C(=O)C(Cc1ccccc1)Cc1ccccc1. The minimum absolute atomic E-state index is 0.0436. The number of carboxylic acids is 1. The first-order chi connectivity index (χ1) is 13.8. The van der Waals surface area contributed by atoms with Gasteiger partial charge in [0.15, 0.2) is 17.3 Å². The normalized spacial score (nSPS) is 12.9. The average molecular weight is 396 g/mol. The fourth-order valence-corrected chi connectivity index (χ4v) is 3.32. The van der Waals surface area contributed by atoms with E-state index in [0.717, 1.165) is 11.1 Å². The highest BCUT2D eigenvalue weighted by atomic mass is 16.4. The van der Waals surface area contributed by atoms with E-state index >= 15 is 0 Å². The van der Waals surface area contributed by atoms with Gasteiger partial charge in [0.2, 0.25) is 0 Å². The van der Waals surface area contributed by atoms with Gasteiger partial charge in [-0.1, -0.05) is 60.7 Å². The summed E-state index contributed by atoms with van der Waals surface area (Å²) in [6.45, 7) is 0.212. The van der Waals surface area contributed by atoms with E-state index < -0.39 is 23.2 Å². The van der Waals surface area contributed by atoms with Gasteiger partial charge in [-0.05, 0) is 36.8 Å². The predicted octanol–water partition coefficient (Wildman–Crippen LogP) is 1.49. The van der Waals surface area contributed by atoms with Crippen molar-refractivity contribution < 1.29 is 14.7 Å². The van der Waals surface area contributed by atoms with Crippen LogP contribution in [-0.2, 0) is 22.4 Å². The predicted molar refractivity (Wildman–Crippen MR) is 113 cm³/mol. The van der Waals surface area contributed by atoms with E-state index in [1.165, 1.54) is 0 Å². The lowest BCUT2D eigenvalue weighted by Crippen LogP contribution is -2.57. The molecular weight excluding hydrogens is 368 g/mol. The number of carboxylic acid groups (broad SMARTS) is 1. The Balaban J connectivity index is 2.26. The molecule has 7 N–H and O–H groups in total. The maximum Gasteiger partial charge on any atom is 0.331 e. The zero-order valence-electron chi connectivity index (χ0n) is 16.3. The fourth-order valence-electron chi connectivity index (χ4n) is 3.32. The van der Waals surface area contributed by atoms with Crippen LogP contribution in [0, 0.1) is 5.92 Å². The van der Waals surface area contributed by atoms with Gasteiger partial charge in [0.25, 0.3) is 0 Å². The van der Waals surface area contributed by atoms with Crippen molar-refractivity contribution in [2.75, 3.05) is 6.54 Å². The van der Waals surface area contributed by atoms with Crippen LogP contribution in [-0.4, -0.2) is 34.9 Å². The molecule has 0 bridgehead atoms. The molecule has 0 aromatic heterocycles. The maximum atomic E-state index is 13.4. The molecule has 0 amide bonds. The van der Waals surface area contributed by atoms with E-state index in [1.807, 2.05) is 60.7 Å². The summed E-state index contributed by atoms with van der Waals surface area (Å²) in [7, 11) is 0. The van der Waals surface area contributed by atoms with Crippen LogP contribution < -0.4 is 17.2 Å². The molecule has 0 heterocycles. The van der Waals surface area contributed by atoms with Crippen molar-refractivity contribution in [3.8, 4) is 0 Å². The molecule has 154 valence electrons. The summed E-state index contributed by atoms with van der Waals surface area (Å²) >= 11 is 0.